The number of nitrogens with zero attached hydrogens (tertiary/aromatic N) is 1. The standard InChI is InChI=1S/C35H36NO3/c1-6-37-28-19-15-25(16-20-28)27-23-30(39-33(24-27)26-17-21-29(22-18-26)38-7-2)11-10-14-34-35(3,4)31-12-8-9-13-32(31)36(34)5/h8-24H,6-7H2,1-5H3/q+1/b14-10+,30-11+. The summed E-state index contributed by atoms with van der Waals surface area (Å²) >= 11 is 0. The Morgan fingerprint density at radius 2 is 1.41 bits per heavy atom. The van der Waals surface area contributed by atoms with E-state index in [0.29, 0.717) is 13.2 Å². The molecule has 0 saturated carbocycles. The highest BCUT2D eigenvalue weighted by Crippen LogP contribution is 2.39. The average Bonchev–Trinajstić information content (AvgIpc) is 3.14. The molecule has 0 radical (unpaired) electrons. The molecule has 0 N–H and O–H groups in total. The minimum absolute atomic E-state index is 0.0789. The molecule has 0 fully saturated rings. The molecule has 0 spiro atoms. The first kappa shape index (κ1) is 26.3. The number of para-hydroxylation sites is 1. The van der Waals surface area contributed by atoms with Crippen LogP contribution >= 0.6 is 0 Å². The van der Waals surface area contributed by atoms with Gasteiger partial charge >= 0.3 is 0 Å². The van der Waals surface area contributed by atoms with Crippen molar-refractivity contribution in [2.45, 2.75) is 33.1 Å². The van der Waals surface area contributed by atoms with Crippen molar-refractivity contribution in [1.82, 2.24) is 0 Å². The zero-order valence-electron chi connectivity index (χ0n) is 23.4. The lowest BCUT2D eigenvalue weighted by molar-refractivity contribution is -0.401. The van der Waals surface area contributed by atoms with Crippen LogP contribution < -0.4 is 9.47 Å². The van der Waals surface area contributed by atoms with E-state index in [1.54, 1.807) is 0 Å². The Morgan fingerprint density at radius 1 is 0.795 bits per heavy atom. The highest BCUT2D eigenvalue weighted by molar-refractivity contribution is 6.03. The van der Waals surface area contributed by atoms with E-state index in [2.05, 4.69) is 86.2 Å². The van der Waals surface area contributed by atoms with Crippen LogP contribution in [0.5, 0.6) is 11.5 Å². The van der Waals surface area contributed by atoms with Crippen molar-refractivity contribution in [2.24, 2.45) is 0 Å². The van der Waals surface area contributed by atoms with Crippen LogP contribution in [0.25, 0.3) is 11.3 Å². The molecule has 0 unspecified atom stereocenters. The zero-order chi connectivity index (χ0) is 27.4. The largest absolute Gasteiger partial charge is 0.494 e. The lowest BCUT2D eigenvalue weighted by Gasteiger charge is -2.19. The van der Waals surface area contributed by atoms with Gasteiger partial charge in [-0.15, -0.1) is 0 Å². The van der Waals surface area contributed by atoms with Gasteiger partial charge in [0.1, 0.15) is 30.1 Å². The smallest absolute Gasteiger partial charge is 0.209 e. The van der Waals surface area contributed by atoms with Crippen LogP contribution in [0.2, 0.25) is 0 Å². The van der Waals surface area contributed by atoms with Gasteiger partial charge in [-0.2, -0.15) is 4.58 Å². The van der Waals surface area contributed by atoms with Gasteiger partial charge in [0, 0.05) is 23.3 Å². The highest BCUT2D eigenvalue weighted by Gasteiger charge is 2.42. The van der Waals surface area contributed by atoms with Gasteiger partial charge in [0.2, 0.25) is 5.69 Å². The second kappa shape index (κ2) is 11.2. The number of allylic oxidation sites excluding steroid dienone is 6. The van der Waals surface area contributed by atoms with Crippen LogP contribution in [0.4, 0.5) is 5.69 Å². The van der Waals surface area contributed by atoms with Gasteiger partial charge in [0.05, 0.1) is 18.6 Å². The summed E-state index contributed by atoms with van der Waals surface area (Å²) < 4.78 is 19.9. The summed E-state index contributed by atoms with van der Waals surface area (Å²) in [6.07, 6.45) is 10.5. The summed E-state index contributed by atoms with van der Waals surface area (Å²) in [5.41, 5.74) is 6.92. The second-order valence-electron chi connectivity index (χ2n) is 10.1. The van der Waals surface area contributed by atoms with Gasteiger partial charge in [-0.1, -0.05) is 36.4 Å². The van der Waals surface area contributed by atoms with Gasteiger partial charge in [-0.05, 0) is 93.5 Å². The maximum Gasteiger partial charge on any atom is 0.209 e. The van der Waals surface area contributed by atoms with Crippen LogP contribution in [-0.4, -0.2) is 30.5 Å². The van der Waals surface area contributed by atoms with Gasteiger partial charge in [0.15, 0.2) is 5.71 Å². The molecule has 4 nitrogen and oxygen atoms in total. The van der Waals surface area contributed by atoms with Crippen LogP contribution in [0.15, 0.2) is 109 Å². The molecule has 0 amide bonds. The molecule has 198 valence electrons. The van der Waals surface area contributed by atoms with Crippen molar-refractivity contribution in [3.05, 3.63) is 126 Å². The number of hydrogen-bond donors (Lipinski definition) is 0. The van der Waals surface area contributed by atoms with E-state index in [9.17, 15) is 0 Å². The Kier molecular flexibility index (Phi) is 7.56. The Balaban J connectivity index is 1.47. The topological polar surface area (TPSA) is 30.7 Å². The molecule has 0 atom stereocenters. The van der Waals surface area contributed by atoms with Gasteiger partial charge in [-0.3, -0.25) is 0 Å². The van der Waals surface area contributed by atoms with Crippen molar-refractivity contribution in [3.63, 3.8) is 0 Å². The summed E-state index contributed by atoms with van der Waals surface area (Å²) in [7, 11) is 2.13. The van der Waals surface area contributed by atoms with E-state index < -0.39 is 0 Å². The fourth-order valence-corrected chi connectivity index (χ4v) is 5.24. The second-order valence-corrected chi connectivity index (χ2v) is 10.1. The number of hydrogen-bond acceptors (Lipinski definition) is 3. The number of fused-ring (bicyclic) bond motifs is 1. The molecule has 3 aromatic rings. The Labute approximate surface area is 231 Å². The first-order valence-electron chi connectivity index (χ1n) is 13.6. The number of benzene rings is 3. The van der Waals surface area contributed by atoms with Crippen molar-refractivity contribution < 1.29 is 18.8 Å². The maximum atomic E-state index is 6.40. The van der Waals surface area contributed by atoms with Crippen LogP contribution in [0, 0.1) is 0 Å². The minimum Gasteiger partial charge on any atom is -0.494 e. The molecule has 0 saturated heterocycles. The van der Waals surface area contributed by atoms with Crippen molar-refractivity contribution in [2.75, 3.05) is 20.3 Å². The van der Waals surface area contributed by atoms with E-state index in [1.807, 2.05) is 56.3 Å². The zero-order valence-corrected chi connectivity index (χ0v) is 23.4. The monoisotopic (exact) mass is 518 g/mol. The lowest BCUT2D eigenvalue weighted by atomic mass is 9.81. The first-order valence-corrected chi connectivity index (χ1v) is 13.6. The third-order valence-electron chi connectivity index (χ3n) is 7.22. The SMILES string of the molecule is CCOc1ccc(C2=C/C(=C\C=C\C3=[N+](C)c4ccccc4C3(C)C)OC(c3ccc(OCC)cc3)=C2)cc1. The molecule has 0 aromatic heterocycles. The molecule has 3 aromatic carbocycles. The summed E-state index contributed by atoms with van der Waals surface area (Å²) in [4.78, 5) is 0. The summed E-state index contributed by atoms with van der Waals surface area (Å²) in [6, 6.07) is 24.8. The van der Waals surface area contributed by atoms with E-state index in [-0.39, 0.29) is 5.41 Å². The Hall–Kier alpha value is -4.31. The van der Waals surface area contributed by atoms with Crippen LogP contribution in [-0.2, 0) is 10.2 Å². The van der Waals surface area contributed by atoms with E-state index in [0.717, 1.165) is 39.7 Å². The molecule has 2 heterocycles. The normalized spacial score (nSPS) is 17.1. The molecule has 39 heavy (non-hydrogen) atoms. The molecule has 5 rings (SSSR count). The third-order valence-corrected chi connectivity index (χ3v) is 7.22. The first-order chi connectivity index (χ1) is 18.9. The van der Waals surface area contributed by atoms with Crippen molar-refractivity contribution in [1.29, 1.82) is 0 Å². The van der Waals surface area contributed by atoms with Gasteiger partial charge in [-0.25, -0.2) is 0 Å². The maximum absolute atomic E-state index is 6.40. The minimum atomic E-state index is -0.0789. The van der Waals surface area contributed by atoms with E-state index in [4.69, 9.17) is 14.2 Å². The van der Waals surface area contributed by atoms with Crippen LogP contribution in [0.1, 0.15) is 44.4 Å². The molecule has 2 aliphatic heterocycles. The quantitative estimate of drug-likeness (QED) is 0.282. The number of ether oxygens (including phenoxy) is 3. The van der Waals surface area contributed by atoms with E-state index in [1.165, 1.54) is 17.0 Å². The predicted octanol–water partition coefficient (Wildman–Crippen LogP) is 8.09. The Bertz CT molecular complexity index is 1500. The fraction of sp³-hybridized carbons (Fsp3) is 0.229. The highest BCUT2D eigenvalue weighted by atomic mass is 16.5. The van der Waals surface area contributed by atoms with Crippen LogP contribution in [0.3, 0.4) is 0 Å². The van der Waals surface area contributed by atoms with Gasteiger partial charge < -0.3 is 14.2 Å². The fourth-order valence-electron chi connectivity index (χ4n) is 5.24. The molecular weight excluding hydrogens is 482 g/mol. The average molecular weight is 519 g/mol. The molecule has 2 aliphatic rings. The van der Waals surface area contributed by atoms with Crippen molar-refractivity contribution in [3.8, 4) is 11.5 Å². The number of rotatable bonds is 8. The molecule has 0 aliphatic carbocycles. The predicted molar refractivity (Wildman–Crippen MR) is 160 cm³/mol. The molecule has 0 bridgehead atoms. The molecule has 4 heteroatoms. The molecular formula is C35H36NO3+. The van der Waals surface area contributed by atoms with Gasteiger partial charge in [0.25, 0.3) is 0 Å². The third kappa shape index (κ3) is 5.46. The lowest BCUT2D eigenvalue weighted by Crippen LogP contribution is -2.26. The summed E-state index contributed by atoms with van der Waals surface area (Å²) in [5, 5.41) is 0. The summed E-state index contributed by atoms with van der Waals surface area (Å²) in [5.74, 6) is 3.28. The van der Waals surface area contributed by atoms with E-state index >= 15 is 0 Å². The van der Waals surface area contributed by atoms with Crippen molar-refractivity contribution >= 4 is 22.7 Å². The Morgan fingerprint density at radius 3 is 2.03 bits per heavy atom. The summed E-state index contributed by atoms with van der Waals surface area (Å²) in [6.45, 7) is 9.81.